The molecule has 1 aliphatic heterocycles. The SMILES string of the molecule is Cc1ccc2c(c1)C(=O)N(CCC(=O)NC1(C(=O)O)CCCCC1)C2=O. The maximum Gasteiger partial charge on any atom is 0.329 e. The van der Waals surface area contributed by atoms with E-state index in [-0.39, 0.29) is 13.0 Å². The number of fused-ring (bicyclic) bond motifs is 1. The molecule has 3 amide bonds. The predicted octanol–water partition coefficient (Wildman–Crippen LogP) is 1.88. The van der Waals surface area contributed by atoms with Crippen LogP contribution in [0.3, 0.4) is 0 Å². The smallest absolute Gasteiger partial charge is 0.329 e. The Bertz CT molecular complexity index is 780. The molecule has 7 nitrogen and oxygen atoms in total. The van der Waals surface area contributed by atoms with E-state index < -0.39 is 29.2 Å². The lowest BCUT2D eigenvalue weighted by atomic mass is 9.81. The van der Waals surface area contributed by atoms with Gasteiger partial charge in [0.2, 0.25) is 5.91 Å². The van der Waals surface area contributed by atoms with Gasteiger partial charge in [-0.1, -0.05) is 30.9 Å². The van der Waals surface area contributed by atoms with Crippen LogP contribution < -0.4 is 5.32 Å². The minimum absolute atomic E-state index is 0.0626. The zero-order valence-electron chi connectivity index (χ0n) is 14.7. The number of aryl methyl sites for hydroxylation is 1. The van der Waals surface area contributed by atoms with Gasteiger partial charge in [0, 0.05) is 13.0 Å². The average molecular weight is 358 g/mol. The normalized spacial score (nSPS) is 18.6. The van der Waals surface area contributed by atoms with Crippen LogP contribution in [0.5, 0.6) is 0 Å². The second kappa shape index (κ2) is 6.90. The maximum absolute atomic E-state index is 12.4. The van der Waals surface area contributed by atoms with Crippen molar-refractivity contribution in [2.75, 3.05) is 6.54 Å². The highest BCUT2D eigenvalue weighted by Gasteiger charge is 2.41. The van der Waals surface area contributed by atoms with Gasteiger partial charge in [-0.25, -0.2) is 4.79 Å². The molecule has 138 valence electrons. The summed E-state index contributed by atoms with van der Waals surface area (Å²) in [4.78, 5) is 49.8. The van der Waals surface area contributed by atoms with Gasteiger partial charge in [0.05, 0.1) is 11.1 Å². The van der Waals surface area contributed by atoms with Crippen molar-refractivity contribution in [2.45, 2.75) is 51.0 Å². The van der Waals surface area contributed by atoms with Crippen molar-refractivity contribution in [3.63, 3.8) is 0 Å². The van der Waals surface area contributed by atoms with Crippen LogP contribution in [0.1, 0.15) is 64.8 Å². The van der Waals surface area contributed by atoms with Crippen molar-refractivity contribution in [1.82, 2.24) is 10.2 Å². The molecule has 0 unspecified atom stereocenters. The second-order valence-corrected chi connectivity index (χ2v) is 7.06. The van der Waals surface area contributed by atoms with Crippen LogP contribution >= 0.6 is 0 Å². The fourth-order valence-electron chi connectivity index (χ4n) is 3.70. The summed E-state index contributed by atoms with van der Waals surface area (Å²) in [5, 5.41) is 12.1. The van der Waals surface area contributed by atoms with Crippen molar-refractivity contribution in [2.24, 2.45) is 0 Å². The largest absolute Gasteiger partial charge is 0.480 e. The molecule has 26 heavy (non-hydrogen) atoms. The monoisotopic (exact) mass is 358 g/mol. The van der Waals surface area contributed by atoms with Crippen LogP contribution in [-0.4, -0.2) is 45.8 Å². The maximum atomic E-state index is 12.4. The number of benzene rings is 1. The number of imide groups is 1. The molecule has 2 N–H and O–H groups in total. The number of carboxylic acid groups (broad SMARTS) is 1. The Morgan fingerprint density at radius 1 is 1.12 bits per heavy atom. The number of carboxylic acids is 1. The third-order valence-electron chi connectivity index (χ3n) is 5.18. The number of amides is 3. The number of nitrogens with zero attached hydrogens (tertiary/aromatic N) is 1. The Balaban J connectivity index is 1.64. The summed E-state index contributed by atoms with van der Waals surface area (Å²) in [5.41, 5.74) is 0.346. The number of aliphatic carboxylic acids is 1. The first kappa shape index (κ1) is 18.1. The summed E-state index contributed by atoms with van der Waals surface area (Å²) in [7, 11) is 0. The molecule has 0 radical (unpaired) electrons. The fourth-order valence-corrected chi connectivity index (χ4v) is 3.70. The molecule has 1 aromatic carbocycles. The summed E-state index contributed by atoms with van der Waals surface area (Å²) in [6.07, 6.45) is 3.16. The van der Waals surface area contributed by atoms with Crippen LogP contribution in [0, 0.1) is 6.92 Å². The number of nitrogens with one attached hydrogen (secondary N) is 1. The van der Waals surface area contributed by atoms with Crippen molar-refractivity contribution >= 4 is 23.7 Å². The van der Waals surface area contributed by atoms with Crippen LogP contribution in [-0.2, 0) is 9.59 Å². The standard InChI is InChI=1S/C19H22N2O5/c1-12-5-6-13-14(11-12)17(24)21(16(13)23)10-7-15(22)20-19(18(25)26)8-3-2-4-9-19/h5-6,11H,2-4,7-10H2,1H3,(H,20,22)(H,25,26). The molecule has 1 fully saturated rings. The highest BCUT2D eigenvalue weighted by molar-refractivity contribution is 6.21. The minimum Gasteiger partial charge on any atom is -0.480 e. The zero-order chi connectivity index (χ0) is 18.9. The number of hydrogen-bond donors (Lipinski definition) is 2. The van der Waals surface area contributed by atoms with E-state index in [9.17, 15) is 24.3 Å². The molecule has 1 aromatic rings. The summed E-state index contributed by atoms with van der Waals surface area (Å²) in [6.45, 7) is 1.77. The summed E-state index contributed by atoms with van der Waals surface area (Å²) in [5.74, 6) is -2.31. The van der Waals surface area contributed by atoms with Crippen molar-refractivity contribution in [1.29, 1.82) is 0 Å². The number of hydrogen-bond acceptors (Lipinski definition) is 4. The molecule has 0 bridgehead atoms. The molecular weight excluding hydrogens is 336 g/mol. The van der Waals surface area contributed by atoms with E-state index >= 15 is 0 Å². The van der Waals surface area contributed by atoms with Crippen molar-refractivity contribution in [3.05, 3.63) is 34.9 Å². The molecule has 0 spiro atoms. The van der Waals surface area contributed by atoms with Gasteiger partial charge in [-0.15, -0.1) is 0 Å². The Kier molecular flexibility index (Phi) is 4.80. The topological polar surface area (TPSA) is 104 Å². The third kappa shape index (κ3) is 3.21. The average Bonchev–Trinajstić information content (AvgIpc) is 2.84. The van der Waals surface area contributed by atoms with E-state index in [0.29, 0.717) is 24.0 Å². The van der Waals surface area contributed by atoms with Crippen LogP contribution in [0.25, 0.3) is 0 Å². The van der Waals surface area contributed by atoms with Gasteiger partial charge in [0.15, 0.2) is 0 Å². The van der Waals surface area contributed by atoms with Crippen LogP contribution in [0.2, 0.25) is 0 Å². The Labute approximate surface area is 151 Å². The summed E-state index contributed by atoms with van der Waals surface area (Å²) >= 11 is 0. The Morgan fingerprint density at radius 2 is 1.77 bits per heavy atom. The van der Waals surface area contributed by atoms with E-state index in [2.05, 4.69) is 5.32 Å². The Hall–Kier alpha value is -2.70. The molecule has 1 heterocycles. The molecule has 7 heteroatoms. The quantitative estimate of drug-likeness (QED) is 0.782. The number of carbonyl (C=O) groups excluding carboxylic acids is 3. The van der Waals surface area contributed by atoms with Gasteiger partial charge >= 0.3 is 5.97 Å². The van der Waals surface area contributed by atoms with Crippen molar-refractivity contribution < 1.29 is 24.3 Å². The zero-order valence-corrected chi connectivity index (χ0v) is 14.7. The fraction of sp³-hybridized carbons (Fsp3) is 0.474. The van der Waals surface area contributed by atoms with Gasteiger partial charge in [-0.2, -0.15) is 0 Å². The molecule has 1 saturated carbocycles. The first-order valence-electron chi connectivity index (χ1n) is 8.85. The number of rotatable bonds is 5. The van der Waals surface area contributed by atoms with Gasteiger partial charge in [-0.3, -0.25) is 19.3 Å². The molecule has 2 aliphatic rings. The van der Waals surface area contributed by atoms with E-state index in [4.69, 9.17) is 0 Å². The lowest BCUT2D eigenvalue weighted by Gasteiger charge is -2.34. The highest BCUT2D eigenvalue weighted by Crippen LogP contribution is 2.29. The van der Waals surface area contributed by atoms with Crippen molar-refractivity contribution in [3.8, 4) is 0 Å². The van der Waals surface area contributed by atoms with Gasteiger partial charge < -0.3 is 10.4 Å². The second-order valence-electron chi connectivity index (χ2n) is 7.06. The van der Waals surface area contributed by atoms with Crippen LogP contribution in [0.4, 0.5) is 0 Å². The third-order valence-corrected chi connectivity index (χ3v) is 5.18. The van der Waals surface area contributed by atoms with Gasteiger partial charge in [0.25, 0.3) is 11.8 Å². The molecule has 0 saturated heterocycles. The first-order valence-corrected chi connectivity index (χ1v) is 8.85. The highest BCUT2D eigenvalue weighted by atomic mass is 16.4. The van der Waals surface area contributed by atoms with Gasteiger partial charge in [0.1, 0.15) is 5.54 Å². The van der Waals surface area contributed by atoms with E-state index in [1.54, 1.807) is 18.2 Å². The predicted molar refractivity (Wildman–Crippen MR) is 92.8 cm³/mol. The van der Waals surface area contributed by atoms with Crippen LogP contribution in [0.15, 0.2) is 18.2 Å². The Morgan fingerprint density at radius 3 is 2.42 bits per heavy atom. The number of carbonyl (C=O) groups is 4. The molecule has 0 atom stereocenters. The molecule has 3 rings (SSSR count). The molecular formula is C19H22N2O5. The van der Waals surface area contributed by atoms with E-state index in [0.717, 1.165) is 29.7 Å². The first-order chi connectivity index (χ1) is 12.3. The summed E-state index contributed by atoms with van der Waals surface area (Å²) in [6, 6.07) is 5.05. The lowest BCUT2D eigenvalue weighted by Crippen LogP contribution is -2.56. The lowest BCUT2D eigenvalue weighted by molar-refractivity contribution is -0.149. The molecule has 0 aromatic heterocycles. The van der Waals surface area contributed by atoms with Gasteiger partial charge in [-0.05, 0) is 31.9 Å². The summed E-state index contributed by atoms with van der Waals surface area (Å²) < 4.78 is 0. The van der Waals surface area contributed by atoms with E-state index in [1.807, 2.05) is 6.92 Å². The minimum atomic E-state index is -1.23. The molecule has 1 aliphatic carbocycles. The van der Waals surface area contributed by atoms with E-state index in [1.165, 1.54) is 0 Å².